The highest BCUT2D eigenvalue weighted by molar-refractivity contribution is 5.97. The minimum Gasteiger partial charge on any atom is -0.360 e. The maximum Gasteiger partial charge on any atom is 0.416 e. The molecule has 0 spiro atoms. The number of nitriles is 1. The summed E-state index contributed by atoms with van der Waals surface area (Å²) < 4.78 is 37.6. The maximum absolute atomic E-state index is 12.5. The second kappa shape index (κ2) is 8.69. The van der Waals surface area contributed by atoms with Crippen molar-refractivity contribution >= 4 is 11.6 Å². The molecule has 0 aromatic heterocycles. The van der Waals surface area contributed by atoms with Crippen LogP contribution in [0.4, 0.5) is 18.9 Å². The number of alkyl halides is 3. The number of amides is 1. The second-order valence-corrected chi connectivity index (χ2v) is 5.81. The SMILES string of the molecule is N#C/C(=C/Nc1ccc(C(F)(F)F)cc1)C(=O)N1CCN(CCN)CC1. The van der Waals surface area contributed by atoms with E-state index in [1.807, 2.05) is 6.07 Å². The molecule has 1 aromatic carbocycles. The largest absolute Gasteiger partial charge is 0.416 e. The van der Waals surface area contributed by atoms with E-state index in [2.05, 4.69) is 10.2 Å². The van der Waals surface area contributed by atoms with Crippen molar-refractivity contribution < 1.29 is 18.0 Å². The van der Waals surface area contributed by atoms with Gasteiger partial charge >= 0.3 is 6.18 Å². The molecule has 0 unspecified atom stereocenters. The van der Waals surface area contributed by atoms with Gasteiger partial charge in [-0.15, -0.1) is 0 Å². The van der Waals surface area contributed by atoms with Crippen LogP contribution in [0, 0.1) is 11.3 Å². The molecule has 1 aromatic rings. The summed E-state index contributed by atoms with van der Waals surface area (Å²) in [5, 5.41) is 11.9. The first-order valence-corrected chi connectivity index (χ1v) is 8.11. The van der Waals surface area contributed by atoms with Crippen LogP contribution in [0.25, 0.3) is 0 Å². The topological polar surface area (TPSA) is 85.4 Å². The van der Waals surface area contributed by atoms with Gasteiger partial charge in [-0.2, -0.15) is 18.4 Å². The molecule has 1 amide bonds. The van der Waals surface area contributed by atoms with Crippen molar-refractivity contribution in [2.45, 2.75) is 6.18 Å². The van der Waals surface area contributed by atoms with Crippen LogP contribution in [-0.4, -0.2) is 55.0 Å². The Hall–Kier alpha value is -2.57. The molecule has 0 bridgehead atoms. The summed E-state index contributed by atoms with van der Waals surface area (Å²) >= 11 is 0. The molecule has 1 saturated heterocycles. The van der Waals surface area contributed by atoms with Crippen molar-refractivity contribution in [1.29, 1.82) is 5.26 Å². The van der Waals surface area contributed by atoms with Gasteiger partial charge in [0.15, 0.2) is 0 Å². The van der Waals surface area contributed by atoms with Crippen LogP contribution in [-0.2, 0) is 11.0 Å². The van der Waals surface area contributed by atoms with E-state index in [1.165, 1.54) is 18.3 Å². The van der Waals surface area contributed by atoms with Crippen molar-refractivity contribution in [1.82, 2.24) is 9.80 Å². The summed E-state index contributed by atoms with van der Waals surface area (Å²) in [7, 11) is 0. The van der Waals surface area contributed by atoms with E-state index in [4.69, 9.17) is 5.73 Å². The number of nitrogens with one attached hydrogen (secondary N) is 1. The first-order valence-electron chi connectivity index (χ1n) is 8.11. The Kier molecular flexibility index (Phi) is 6.60. The van der Waals surface area contributed by atoms with Gasteiger partial charge in [0.05, 0.1) is 5.56 Å². The molecule has 9 heteroatoms. The molecule has 1 heterocycles. The van der Waals surface area contributed by atoms with E-state index < -0.39 is 17.6 Å². The Morgan fingerprint density at radius 3 is 2.35 bits per heavy atom. The number of halogens is 3. The van der Waals surface area contributed by atoms with Crippen LogP contribution >= 0.6 is 0 Å². The van der Waals surface area contributed by atoms with Gasteiger partial charge < -0.3 is 16.0 Å². The minimum atomic E-state index is -4.41. The molecule has 2 rings (SSSR count). The molecule has 0 aliphatic carbocycles. The third-order valence-electron chi connectivity index (χ3n) is 4.05. The molecule has 3 N–H and O–H groups in total. The molecule has 1 aliphatic rings. The fourth-order valence-electron chi connectivity index (χ4n) is 2.58. The molecule has 26 heavy (non-hydrogen) atoms. The third kappa shape index (κ3) is 5.21. The molecule has 0 radical (unpaired) electrons. The van der Waals surface area contributed by atoms with E-state index in [-0.39, 0.29) is 5.57 Å². The first-order chi connectivity index (χ1) is 12.3. The summed E-state index contributed by atoms with van der Waals surface area (Å²) in [4.78, 5) is 16.1. The minimum absolute atomic E-state index is 0.0998. The summed E-state index contributed by atoms with van der Waals surface area (Å²) in [6, 6.07) is 6.18. The van der Waals surface area contributed by atoms with E-state index in [0.29, 0.717) is 38.4 Å². The van der Waals surface area contributed by atoms with E-state index in [0.717, 1.165) is 18.7 Å². The first kappa shape index (κ1) is 19.8. The quantitative estimate of drug-likeness (QED) is 0.610. The summed E-state index contributed by atoms with van der Waals surface area (Å²) in [5.74, 6) is -0.403. The number of carbonyl (C=O) groups excluding carboxylic acids is 1. The monoisotopic (exact) mass is 367 g/mol. The molecule has 140 valence electrons. The van der Waals surface area contributed by atoms with Gasteiger partial charge in [-0.3, -0.25) is 9.69 Å². The van der Waals surface area contributed by atoms with Crippen molar-refractivity contribution in [2.24, 2.45) is 5.73 Å². The van der Waals surface area contributed by atoms with E-state index in [9.17, 15) is 23.2 Å². The Morgan fingerprint density at radius 2 is 1.85 bits per heavy atom. The van der Waals surface area contributed by atoms with Gasteiger partial charge in [0.25, 0.3) is 5.91 Å². The van der Waals surface area contributed by atoms with E-state index in [1.54, 1.807) is 4.90 Å². The second-order valence-electron chi connectivity index (χ2n) is 5.81. The van der Waals surface area contributed by atoms with E-state index >= 15 is 0 Å². The number of rotatable bonds is 5. The van der Waals surface area contributed by atoms with Gasteiger partial charge in [-0.05, 0) is 24.3 Å². The van der Waals surface area contributed by atoms with Gasteiger partial charge in [-0.1, -0.05) is 0 Å². The zero-order valence-electron chi connectivity index (χ0n) is 14.1. The molecular weight excluding hydrogens is 347 g/mol. The highest BCUT2D eigenvalue weighted by Gasteiger charge is 2.30. The Labute approximate surface area is 149 Å². The summed E-state index contributed by atoms with van der Waals surface area (Å²) in [5.41, 5.74) is 4.99. The lowest BCUT2D eigenvalue weighted by molar-refractivity contribution is -0.137. The normalized spacial score (nSPS) is 16.3. The standard InChI is InChI=1S/C17H20F3N5O/c18-17(19,20)14-1-3-15(4-2-14)23-12-13(11-22)16(26)25-9-7-24(6-5-21)8-10-25/h1-4,12,23H,5-10,21H2/b13-12-. The smallest absolute Gasteiger partial charge is 0.360 e. The lowest BCUT2D eigenvalue weighted by Crippen LogP contribution is -2.50. The predicted molar refractivity (Wildman–Crippen MR) is 90.8 cm³/mol. The molecular formula is C17H20F3N5O. The van der Waals surface area contributed by atoms with Crippen LogP contribution in [0.15, 0.2) is 36.0 Å². The number of piperazine rings is 1. The number of nitrogens with two attached hydrogens (primary N) is 1. The van der Waals surface area contributed by atoms with Crippen LogP contribution in [0.1, 0.15) is 5.56 Å². The summed E-state index contributed by atoms with van der Waals surface area (Å²) in [6.45, 7) is 3.69. The number of benzene rings is 1. The predicted octanol–water partition coefficient (Wildman–Crippen LogP) is 1.63. The van der Waals surface area contributed by atoms with Crippen molar-refractivity contribution in [3.05, 3.63) is 41.6 Å². The fourth-order valence-corrected chi connectivity index (χ4v) is 2.58. The van der Waals surface area contributed by atoms with Gasteiger partial charge in [0.2, 0.25) is 0 Å². The average molecular weight is 367 g/mol. The highest BCUT2D eigenvalue weighted by Crippen LogP contribution is 2.29. The number of anilines is 1. The Bertz CT molecular complexity index is 686. The van der Waals surface area contributed by atoms with Gasteiger partial charge in [-0.25, -0.2) is 0 Å². The lowest BCUT2D eigenvalue weighted by atomic mass is 10.2. The van der Waals surface area contributed by atoms with Crippen molar-refractivity contribution in [3.8, 4) is 6.07 Å². The Morgan fingerprint density at radius 1 is 1.23 bits per heavy atom. The fraction of sp³-hybridized carbons (Fsp3) is 0.412. The maximum atomic E-state index is 12.5. The lowest BCUT2D eigenvalue weighted by Gasteiger charge is -2.34. The van der Waals surface area contributed by atoms with Gasteiger partial charge in [0, 0.05) is 51.2 Å². The number of hydrogen-bond donors (Lipinski definition) is 2. The van der Waals surface area contributed by atoms with Gasteiger partial charge in [0.1, 0.15) is 11.6 Å². The molecule has 6 nitrogen and oxygen atoms in total. The third-order valence-corrected chi connectivity index (χ3v) is 4.05. The number of nitrogens with zero attached hydrogens (tertiary/aromatic N) is 3. The van der Waals surface area contributed by atoms with Crippen LogP contribution in [0.2, 0.25) is 0 Å². The summed E-state index contributed by atoms with van der Waals surface area (Å²) in [6.07, 6.45) is -3.19. The average Bonchev–Trinajstić information content (AvgIpc) is 2.62. The van der Waals surface area contributed by atoms with Crippen molar-refractivity contribution in [2.75, 3.05) is 44.6 Å². The van der Waals surface area contributed by atoms with Crippen LogP contribution < -0.4 is 11.1 Å². The molecule has 0 atom stereocenters. The zero-order valence-corrected chi connectivity index (χ0v) is 14.1. The van der Waals surface area contributed by atoms with Crippen molar-refractivity contribution in [3.63, 3.8) is 0 Å². The highest BCUT2D eigenvalue weighted by atomic mass is 19.4. The van der Waals surface area contributed by atoms with Crippen LogP contribution in [0.3, 0.4) is 0 Å². The molecule has 1 fully saturated rings. The molecule has 0 saturated carbocycles. The molecule has 1 aliphatic heterocycles. The zero-order chi connectivity index (χ0) is 19.2. The van der Waals surface area contributed by atoms with Crippen LogP contribution in [0.5, 0.6) is 0 Å². The number of hydrogen-bond acceptors (Lipinski definition) is 5. The Balaban J connectivity index is 1.97. The number of carbonyl (C=O) groups is 1.